The SMILES string of the molecule is CSCC[C@H](N)C(=O)N(C)C(C)c1cccc([N+](=O)[O-])c1. The van der Waals surface area contributed by atoms with Gasteiger partial charge in [0, 0.05) is 19.2 Å². The van der Waals surface area contributed by atoms with Crippen molar-refractivity contribution in [2.45, 2.75) is 25.4 Å². The molecule has 1 unspecified atom stereocenters. The van der Waals surface area contributed by atoms with Gasteiger partial charge in [0.05, 0.1) is 17.0 Å². The second-order valence-electron chi connectivity index (χ2n) is 4.87. The number of nitro groups is 1. The maximum absolute atomic E-state index is 12.2. The lowest BCUT2D eigenvalue weighted by molar-refractivity contribution is -0.384. The number of hydrogen-bond donors (Lipinski definition) is 1. The van der Waals surface area contributed by atoms with Crippen LogP contribution in [0.2, 0.25) is 0 Å². The number of rotatable bonds is 7. The lowest BCUT2D eigenvalue weighted by Crippen LogP contribution is -2.43. The molecular weight excluding hydrogens is 290 g/mol. The van der Waals surface area contributed by atoms with Crippen LogP contribution < -0.4 is 5.73 Å². The fraction of sp³-hybridized carbons (Fsp3) is 0.500. The molecule has 0 aliphatic heterocycles. The number of amides is 1. The molecule has 0 saturated heterocycles. The van der Waals surface area contributed by atoms with Gasteiger partial charge in [-0.2, -0.15) is 11.8 Å². The van der Waals surface area contributed by atoms with E-state index in [2.05, 4.69) is 0 Å². The molecule has 1 aromatic carbocycles. The van der Waals surface area contributed by atoms with Crippen LogP contribution in [0.15, 0.2) is 24.3 Å². The Kier molecular flexibility index (Phi) is 6.64. The van der Waals surface area contributed by atoms with Crippen molar-refractivity contribution >= 4 is 23.4 Å². The highest BCUT2D eigenvalue weighted by molar-refractivity contribution is 7.98. The summed E-state index contributed by atoms with van der Waals surface area (Å²) in [5.41, 5.74) is 6.63. The van der Waals surface area contributed by atoms with Gasteiger partial charge in [0.1, 0.15) is 0 Å². The molecule has 0 bridgehead atoms. The average molecular weight is 311 g/mol. The van der Waals surface area contributed by atoms with E-state index >= 15 is 0 Å². The number of benzene rings is 1. The molecule has 2 atom stereocenters. The Bertz CT molecular complexity index is 510. The van der Waals surface area contributed by atoms with Crippen molar-refractivity contribution in [2.24, 2.45) is 5.73 Å². The molecule has 1 amide bonds. The first-order valence-electron chi connectivity index (χ1n) is 6.64. The Morgan fingerprint density at radius 2 is 2.19 bits per heavy atom. The van der Waals surface area contributed by atoms with Gasteiger partial charge < -0.3 is 10.6 Å². The van der Waals surface area contributed by atoms with Gasteiger partial charge in [0.15, 0.2) is 0 Å². The van der Waals surface area contributed by atoms with Gasteiger partial charge >= 0.3 is 0 Å². The molecule has 0 aliphatic carbocycles. The largest absolute Gasteiger partial charge is 0.338 e. The highest BCUT2D eigenvalue weighted by atomic mass is 32.2. The fourth-order valence-corrected chi connectivity index (χ4v) is 2.43. The molecule has 0 aromatic heterocycles. The second-order valence-corrected chi connectivity index (χ2v) is 5.85. The highest BCUT2D eigenvalue weighted by Gasteiger charge is 2.23. The summed E-state index contributed by atoms with van der Waals surface area (Å²) in [5.74, 6) is 0.675. The number of non-ortho nitro benzene ring substituents is 1. The number of thioether (sulfide) groups is 1. The van der Waals surface area contributed by atoms with Crippen molar-refractivity contribution in [3.8, 4) is 0 Å². The van der Waals surface area contributed by atoms with Gasteiger partial charge in [-0.05, 0) is 30.9 Å². The normalized spacial score (nSPS) is 13.5. The van der Waals surface area contributed by atoms with Crippen LogP contribution in [0, 0.1) is 10.1 Å². The van der Waals surface area contributed by atoms with E-state index in [0.717, 1.165) is 11.3 Å². The minimum absolute atomic E-state index is 0.0203. The lowest BCUT2D eigenvalue weighted by atomic mass is 10.1. The van der Waals surface area contributed by atoms with Crippen LogP contribution in [0.1, 0.15) is 24.9 Å². The smallest absolute Gasteiger partial charge is 0.269 e. The molecule has 2 N–H and O–H groups in total. The zero-order valence-corrected chi connectivity index (χ0v) is 13.3. The molecule has 21 heavy (non-hydrogen) atoms. The summed E-state index contributed by atoms with van der Waals surface area (Å²) in [6.45, 7) is 1.83. The Hall–Kier alpha value is -1.60. The first-order chi connectivity index (χ1) is 9.88. The Morgan fingerprint density at radius 3 is 2.76 bits per heavy atom. The first kappa shape index (κ1) is 17.5. The Labute approximate surface area is 128 Å². The third-order valence-corrected chi connectivity index (χ3v) is 4.09. The third-order valence-electron chi connectivity index (χ3n) is 3.44. The second kappa shape index (κ2) is 7.99. The molecule has 0 radical (unpaired) electrons. The standard InChI is InChI=1S/C14H21N3O3S/c1-10(11-5-4-6-12(9-11)17(19)20)16(2)14(18)13(15)7-8-21-3/h4-6,9-10,13H,7-8,15H2,1-3H3/t10?,13-/m0/s1. The summed E-state index contributed by atoms with van der Waals surface area (Å²) >= 11 is 1.64. The summed E-state index contributed by atoms with van der Waals surface area (Å²) < 4.78 is 0. The molecule has 1 aromatic rings. The van der Waals surface area contributed by atoms with Gasteiger partial charge in [0.2, 0.25) is 5.91 Å². The van der Waals surface area contributed by atoms with Crippen molar-refractivity contribution in [3.63, 3.8) is 0 Å². The number of likely N-dealkylation sites (N-methyl/N-ethyl adjacent to an activating group) is 1. The Morgan fingerprint density at radius 1 is 1.52 bits per heavy atom. The van der Waals surface area contributed by atoms with Gasteiger partial charge in [-0.25, -0.2) is 0 Å². The summed E-state index contributed by atoms with van der Waals surface area (Å²) in [6, 6.07) is 5.51. The minimum atomic E-state index is -0.538. The molecule has 0 fully saturated rings. The van der Waals surface area contributed by atoms with Crippen molar-refractivity contribution in [2.75, 3.05) is 19.1 Å². The number of nitro benzene ring substituents is 1. The zero-order valence-electron chi connectivity index (χ0n) is 12.5. The molecule has 116 valence electrons. The van der Waals surface area contributed by atoms with Gasteiger partial charge in [-0.1, -0.05) is 12.1 Å². The number of nitrogens with zero attached hydrogens (tertiary/aromatic N) is 2. The van der Waals surface area contributed by atoms with Crippen LogP contribution >= 0.6 is 11.8 Å². The maximum atomic E-state index is 12.2. The van der Waals surface area contributed by atoms with E-state index in [-0.39, 0.29) is 17.6 Å². The molecule has 7 heteroatoms. The number of carbonyl (C=O) groups is 1. The predicted octanol–water partition coefficient (Wildman–Crippen LogP) is 2.19. The quantitative estimate of drug-likeness (QED) is 0.616. The minimum Gasteiger partial charge on any atom is -0.338 e. The predicted molar refractivity (Wildman–Crippen MR) is 85.3 cm³/mol. The van der Waals surface area contributed by atoms with Crippen molar-refractivity contribution in [3.05, 3.63) is 39.9 Å². The average Bonchev–Trinajstić information content (AvgIpc) is 2.50. The van der Waals surface area contributed by atoms with Crippen LogP contribution in [0.3, 0.4) is 0 Å². The van der Waals surface area contributed by atoms with E-state index < -0.39 is 11.0 Å². The van der Waals surface area contributed by atoms with Crippen LogP contribution in [-0.2, 0) is 4.79 Å². The molecular formula is C14H21N3O3S. The molecule has 0 heterocycles. The fourth-order valence-electron chi connectivity index (χ4n) is 1.94. The van der Waals surface area contributed by atoms with E-state index in [1.54, 1.807) is 35.8 Å². The van der Waals surface area contributed by atoms with E-state index in [1.165, 1.54) is 12.1 Å². The van der Waals surface area contributed by atoms with Crippen LogP contribution in [-0.4, -0.2) is 40.8 Å². The monoisotopic (exact) mass is 311 g/mol. The lowest BCUT2D eigenvalue weighted by Gasteiger charge is -2.27. The summed E-state index contributed by atoms with van der Waals surface area (Å²) in [4.78, 5) is 24.2. The molecule has 1 rings (SSSR count). The van der Waals surface area contributed by atoms with Gasteiger partial charge in [-0.3, -0.25) is 14.9 Å². The first-order valence-corrected chi connectivity index (χ1v) is 8.03. The number of hydrogen-bond acceptors (Lipinski definition) is 5. The third kappa shape index (κ3) is 4.71. The van der Waals surface area contributed by atoms with Crippen LogP contribution in [0.4, 0.5) is 5.69 Å². The number of carbonyl (C=O) groups excluding carboxylic acids is 1. The zero-order chi connectivity index (χ0) is 16.0. The summed E-state index contributed by atoms with van der Waals surface area (Å²) in [5, 5.41) is 10.8. The summed E-state index contributed by atoms with van der Waals surface area (Å²) in [7, 11) is 1.67. The van der Waals surface area contributed by atoms with Crippen molar-refractivity contribution in [1.82, 2.24) is 4.90 Å². The topological polar surface area (TPSA) is 89.5 Å². The maximum Gasteiger partial charge on any atom is 0.269 e. The Balaban J connectivity index is 2.82. The van der Waals surface area contributed by atoms with E-state index in [9.17, 15) is 14.9 Å². The van der Waals surface area contributed by atoms with E-state index in [1.807, 2.05) is 13.2 Å². The number of nitrogens with two attached hydrogens (primary N) is 1. The van der Waals surface area contributed by atoms with Crippen LogP contribution in [0.5, 0.6) is 0 Å². The van der Waals surface area contributed by atoms with Crippen molar-refractivity contribution in [1.29, 1.82) is 0 Å². The van der Waals surface area contributed by atoms with Crippen LogP contribution in [0.25, 0.3) is 0 Å². The molecule has 0 aliphatic rings. The molecule has 6 nitrogen and oxygen atoms in total. The molecule has 0 spiro atoms. The van der Waals surface area contributed by atoms with E-state index in [4.69, 9.17) is 5.73 Å². The summed E-state index contributed by atoms with van der Waals surface area (Å²) in [6.07, 6.45) is 2.58. The highest BCUT2D eigenvalue weighted by Crippen LogP contribution is 2.23. The van der Waals surface area contributed by atoms with Gasteiger partial charge in [-0.15, -0.1) is 0 Å². The molecule has 0 saturated carbocycles. The van der Waals surface area contributed by atoms with Gasteiger partial charge in [0.25, 0.3) is 5.69 Å². The van der Waals surface area contributed by atoms with Crippen molar-refractivity contribution < 1.29 is 9.72 Å². The van der Waals surface area contributed by atoms with E-state index in [0.29, 0.717) is 6.42 Å².